The summed E-state index contributed by atoms with van der Waals surface area (Å²) in [5.41, 5.74) is 0.113. The minimum atomic E-state index is -0.804. The first-order valence-electron chi connectivity index (χ1n) is 6.67. The quantitative estimate of drug-likeness (QED) is 0.878. The fourth-order valence-corrected chi connectivity index (χ4v) is 3.10. The SMILES string of the molecule is O=C(O)CC1(CCc2cc(F)ccc2F)CCCC1. The maximum Gasteiger partial charge on any atom is 0.303 e. The standard InChI is InChI=1S/C15H18F2O2/c16-12-3-4-13(17)11(9-12)5-8-15(10-14(18)19)6-1-2-7-15/h3-4,9H,1-2,5-8,10H2,(H,18,19). The molecule has 1 aromatic rings. The molecule has 1 aliphatic carbocycles. The van der Waals surface area contributed by atoms with Crippen LogP contribution in [0.4, 0.5) is 8.78 Å². The summed E-state index contributed by atoms with van der Waals surface area (Å²) < 4.78 is 26.6. The van der Waals surface area contributed by atoms with Gasteiger partial charge in [-0.1, -0.05) is 12.8 Å². The van der Waals surface area contributed by atoms with Gasteiger partial charge in [-0.2, -0.15) is 0 Å². The van der Waals surface area contributed by atoms with Gasteiger partial charge in [0, 0.05) is 0 Å². The molecule has 0 saturated heterocycles. The van der Waals surface area contributed by atoms with Crippen molar-refractivity contribution in [3.05, 3.63) is 35.4 Å². The second-order valence-electron chi connectivity index (χ2n) is 5.51. The van der Waals surface area contributed by atoms with Crippen LogP contribution >= 0.6 is 0 Å². The number of rotatable bonds is 5. The number of hydrogen-bond acceptors (Lipinski definition) is 1. The van der Waals surface area contributed by atoms with Gasteiger partial charge in [0.2, 0.25) is 0 Å². The van der Waals surface area contributed by atoms with Crippen LogP contribution in [0.5, 0.6) is 0 Å². The fourth-order valence-electron chi connectivity index (χ4n) is 3.10. The van der Waals surface area contributed by atoms with Crippen LogP contribution in [0.2, 0.25) is 0 Å². The van der Waals surface area contributed by atoms with E-state index in [-0.39, 0.29) is 11.8 Å². The van der Waals surface area contributed by atoms with Crippen LogP contribution in [0, 0.1) is 17.0 Å². The second kappa shape index (κ2) is 5.68. The van der Waals surface area contributed by atoms with E-state index in [0.717, 1.165) is 37.8 Å². The third kappa shape index (κ3) is 3.52. The topological polar surface area (TPSA) is 37.3 Å². The largest absolute Gasteiger partial charge is 0.481 e. The van der Waals surface area contributed by atoms with Crippen LogP contribution in [0.1, 0.15) is 44.1 Å². The predicted octanol–water partition coefficient (Wildman–Crippen LogP) is 3.93. The van der Waals surface area contributed by atoms with Gasteiger partial charge in [-0.15, -0.1) is 0 Å². The Labute approximate surface area is 111 Å². The monoisotopic (exact) mass is 268 g/mol. The molecular formula is C15H18F2O2. The molecule has 0 spiro atoms. The summed E-state index contributed by atoms with van der Waals surface area (Å²) >= 11 is 0. The van der Waals surface area contributed by atoms with Crippen molar-refractivity contribution in [2.45, 2.75) is 44.9 Å². The Bertz CT molecular complexity index is 465. The maximum atomic E-state index is 13.5. The molecule has 104 valence electrons. The third-order valence-electron chi connectivity index (χ3n) is 4.12. The van der Waals surface area contributed by atoms with Crippen molar-refractivity contribution < 1.29 is 18.7 Å². The summed E-state index contributed by atoms with van der Waals surface area (Å²) in [4.78, 5) is 11.0. The highest BCUT2D eigenvalue weighted by Gasteiger charge is 2.35. The number of benzene rings is 1. The molecule has 1 saturated carbocycles. The molecule has 0 amide bonds. The highest BCUT2D eigenvalue weighted by molar-refractivity contribution is 5.67. The Balaban J connectivity index is 2.06. The van der Waals surface area contributed by atoms with Crippen LogP contribution in [-0.4, -0.2) is 11.1 Å². The summed E-state index contributed by atoms with van der Waals surface area (Å²) in [7, 11) is 0. The lowest BCUT2D eigenvalue weighted by Crippen LogP contribution is -2.22. The molecule has 0 heterocycles. The first-order chi connectivity index (χ1) is 9.01. The molecule has 0 atom stereocenters. The zero-order chi connectivity index (χ0) is 13.9. The first-order valence-corrected chi connectivity index (χ1v) is 6.67. The molecule has 4 heteroatoms. The van der Waals surface area contributed by atoms with Gasteiger partial charge in [-0.05, 0) is 54.9 Å². The third-order valence-corrected chi connectivity index (χ3v) is 4.12. The van der Waals surface area contributed by atoms with E-state index in [9.17, 15) is 13.6 Å². The van der Waals surface area contributed by atoms with E-state index in [2.05, 4.69) is 0 Å². The Kier molecular flexibility index (Phi) is 4.17. The summed E-state index contributed by atoms with van der Waals surface area (Å²) in [6.45, 7) is 0. The molecule has 1 aliphatic rings. The molecule has 2 rings (SSSR count). The molecule has 2 nitrogen and oxygen atoms in total. The summed E-state index contributed by atoms with van der Waals surface area (Å²) in [5.74, 6) is -1.67. The van der Waals surface area contributed by atoms with E-state index in [0.29, 0.717) is 18.4 Å². The van der Waals surface area contributed by atoms with E-state index >= 15 is 0 Å². The van der Waals surface area contributed by atoms with Gasteiger partial charge in [-0.25, -0.2) is 8.78 Å². The molecule has 0 bridgehead atoms. The van der Waals surface area contributed by atoms with E-state index in [1.165, 1.54) is 6.07 Å². The van der Waals surface area contributed by atoms with Gasteiger partial charge in [0.1, 0.15) is 11.6 Å². The number of halogens is 2. The number of aliphatic carboxylic acids is 1. The van der Waals surface area contributed by atoms with Gasteiger partial charge in [-0.3, -0.25) is 4.79 Å². The Morgan fingerprint density at radius 2 is 1.95 bits per heavy atom. The van der Waals surface area contributed by atoms with Crippen molar-refractivity contribution in [2.24, 2.45) is 5.41 Å². The van der Waals surface area contributed by atoms with Gasteiger partial charge in [0.25, 0.3) is 0 Å². The smallest absolute Gasteiger partial charge is 0.303 e. The second-order valence-corrected chi connectivity index (χ2v) is 5.51. The Morgan fingerprint density at radius 1 is 1.26 bits per heavy atom. The fraction of sp³-hybridized carbons (Fsp3) is 0.533. The summed E-state index contributed by atoms with van der Waals surface area (Å²) in [5, 5.41) is 9.00. The normalized spacial score (nSPS) is 17.6. The van der Waals surface area contributed by atoms with E-state index in [1.807, 2.05) is 0 Å². The van der Waals surface area contributed by atoms with Crippen molar-refractivity contribution in [1.29, 1.82) is 0 Å². The minimum absolute atomic E-state index is 0.129. The molecular weight excluding hydrogens is 250 g/mol. The van der Waals surface area contributed by atoms with Gasteiger partial charge in [0.05, 0.1) is 6.42 Å². The zero-order valence-corrected chi connectivity index (χ0v) is 10.8. The summed E-state index contributed by atoms with van der Waals surface area (Å²) in [6, 6.07) is 3.43. The van der Waals surface area contributed by atoms with E-state index in [4.69, 9.17) is 5.11 Å². The lowest BCUT2D eigenvalue weighted by atomic mass is 9.77. The first kappa shape index (κ1) is 14.0. The van der Waals surface area contributed by atoms with Crippen molar-refractivity contribution in [3.63, 3.8) is 0 Å². The predicted molar refractivity (Wildman–Crippen MR) is 67.8 cm³/mol. The number of carboxylic acids is 1. The molecule has 19 heavy (non-hydrogen) atoms. The van der Waals surface area contributed by atoms with Gasteiger partial charge in [0.15, 0.2) is 0 Å². The van der Waals surface area contributed by atoms with Crippen LogP contribution in [0.3, 0.4) is 0 Å². The number of carbonyl (C=O) groups is 1. The number of hydrogen-bond donors (Lipinski definition) is 1. The molecule has 0 unspecified atom stereocenters. The van der Waals surface area contributed by atoms with Gasteiger partial charge < -0.3 is 5.11 Å². The highest BCUT2D eigenvalue weighted by Crippen LogP contribution is 2.44. The average molecular weight is 268 g/mol. The molecule has 1 fully saturated rings. The van der Waals surface area contributed by atoms with E-state index in [1.54, 1.807) is 0 Å². The summed E-state index contributed by atoms with van der Waals surface area (Å²) in [6.07, 6.45) is 4.94. The molecule has 0 radical (unpaired) electrons. The van der Waals surface area contributed by atoms with Crippen LogP contribution in [0.15, 0.2) is 18.2 Å². The lowest BCUT2D eigenvalue weighted by molar-refractivity contribution is -0.139. The molecule has 0 aliphatic heterocycles. The van der Waals surface area contributed by atoms with E-state index < -0.39 is 17.6 Å². The number of aryl methyl sites for hydroxylation is 1. The number of carboxylic acid groups (broad SMARTS) is 1. The van der Waals surface area contributed by atoms with Crippen molar-refractivity contribution >= 4 is 5.97 Å². The van der Waals surface area contributed by atoms with Crippen molar-refractivity contribution in [3.8, 4) is 0 Å². The molecule has 0 aromatic heterocycles. The van der Waals surface area contributed by atoms with Crippen LogP contribution in [0.25, 0.3) is 0 Å². The van der Waals surface area contributed by atoms with Crippen LogP contribution < -0.4 is 0 Å². The van der Waals surface area contributed by atoms with Crippen LogP contribution in [-0.2, 0) is 11.2 Å². The average Bonchev–Trinajstić information content (AvgIpc) is 2.78. The molecule has 1 N–H and O–H groups in total. The Hall–Kier alpha value is -1.45. The van der Waals surface area contributed by atoms with Crippen molar-refractivity contribution in [2.75, 3.05) is 0 Å². The lowest BCUT2D eigenvalue weighted by Gasteiger charge is -2.27. The maximum absolute atomic E-state index is 13.5. The Morgan fingerprint density at radius 3 is 2.58 bits per heavy atom. The van der Waals surface area contributed by atoms with Crippen molar-refractivity contribution in [1.82, 2.24) is 0 Å². The zero-order valence-electron chi connectivity index (χ0n) is 10.8. The molecule has 1 aromatic carbocycles. The van der Waals surface area contributed by atoms with Gasteiger partial charge >= 0.3 is 5.97 Å². The highest BCUT2D eigenvalue weighted by atomic mass is 19.1. The minimum Gasteiger partial charge on any atom is -0.481 e.